The van der Waals surface area contributed by atoms with E-state index in [2.05, 4.69) is 15.7 Å². The van der Waals surface area contributed by atoms with Crippen LogP contribution in [0, 0.1) is 19.7 Å². The molecule has 1 amide bonds. The van der Waals surface area contributed by atoms with Gasteiger partial charge in [-0.2, -0.15) is 10.1 Å². The quantitative estimate of drug-likeness (QED) is 0.292. The first-order valence-corrected chi connectivity index (χ1v) is 11.7. The molecule has 0 atom stereocenters. The topological polar surface area (TPSA) is 46.8 Å². The van der Waals surface area contributed by atoms with Crippen molar-refractivity contribution in [3.8, 4) is 11.4 Å². The van der Waals surface area contributed by atoms with E-state index in [0.717, 1.165) is 28.3 Å². The molecule has 6 heteroatoms. The van der Waals surface area contributed by atoms with E-state index in [-0.39, 0.29) is 18.3 Å². The van der Waals surface area contributed by atoms with Crippen LogP contribution < -0.4 is 9.75 Å². The molecule has 1 aliphatic rings. The Balaban J connectivity index is 1.37. The van der Waals surface area contributed by atoms with Gasteiger partial charge in [0.25, 0.3) is 5.91 Å². The molecule has 2 heterocycles. The molecule has 0 saturated heterocycles. The van der Waals surface area contributed by atoms with Gasteiger partial charge in [-0.25, -0.2) is 4.39 Å². The second-order valence-electron chi connectivity index (χ2n) is 8.73. The summed E-state index contributed by atoms with van der Waals surface area (Å²) in [7, 11) is 0. The molecular formula is C30H26FN3O2. The molecule has 1 aliphatic heterocycles. The lowest BCUT2D eigenvalue weighted by atomic mass is 10.1. The van der Waals surface area contributed by atoms with Crippen LogP contribution in [0.2, 0.25) is 0 Å². The standard InChI is InChI=1S/C30H26FN3O2/c1-20-17-24(18-28-21(2)32-34(30(28)35)26-10-5-4-6-11-26)22(3)33(20)25-13-15-27(16-14-25)36-19-23-9-7-8-12-29(23)31/h4-18H,19H2,1-3H3/b28-18+. The summed E-state index contributed by atoms with van der Waals surface area (Å²) in [5.74, 6) is 0.248. The summed E-state index contributed by atoms with van der Waals surface area (Å²) in [6.07, 6.45) is 1.91. The molecule has 0 saturated carbocycles. The van der Waals surface area contributed by atoms with Crippen LogP contribution in [0.3, 0.4) is 0 Å². The van der Waals surface area contributed by atoms with Crippen LogP contribution in [0.1, 0.15) is 29.4 Å². The van der Waals surface area contributed by atoms with Crippen molar-refractivity contribution in [2.24, 2.45) is 5.10 Å². The molecule has 0 fully saturated rings. The maximum atomic E-state index is 13.9. The molecular weight excluding hydrogens is 453 g/mol. The largest absolute Gasteiger partial charge is 0.489 e. The average Bonchev–Trinajstić information content (AvgIpc) is 3.33. The average molecular weight is 480 g/mol. The fourth-order valence-electron chi connectivity index (χ4n) is 4.38. The van der Waals surface area contributed by atoms with Gasteiger partial charge in [-0.15, -0.1) is 0 Å². The Morgan fingerprint density at radius 3 is 2.31 bits per heavy atom. The highest BCUT2D eigenvalue weighted by Crippen LogP contribution is 2.28. The normalized spacial score (nSPS) is 14.4. The van der Waals surface area contributed by atoms with Crippen molar-refractivity contribution in [2.45, 2.75) is 27.4 Å². The molecule has 0 spiro atoms. The van der Waals surface area contributed by atoms with Gasteiger partial charge in [0.05, 0.1) is 17.0 Å². The maximum absolute atomic E-state index is 13.9. The number of carbonyl (C=O) groups excluding carboxylic acids is 1. The molecule has 5 rings (SSSR count). The number of ether oxygens (including phenoxy) is 1. The number of hydrazone groups is 1. The Bertz CT molecular complexity index is 1480. The molecule has 36 heavy (non-hydrogen) atoms. The van der Waals surface area contributed by atoms with Crippen molar-refractivity contribution < 1.29 is 13.9 Å². The first kappa shape index (κ1) is 23.3. The minimum atomic E-state index is -0.276. The van der Waals surface area contributed by atoms with Crippen LogP contribution in [0.25, 0.3) is 11.8 Å². The summed E-state index contributed by atoms with van der Waals surface area (Å²) >= 11 is 0. The number of hydrogen-bond donors (Lipinski definition) is 0. The zero-order chi connectivity index (χ0) is 25.2. The van der Waals surface area contributed by atoms with Crippen LogP contribution in [0.4, 0.5) is 10.1 Å². The minimum Gasteiger partial charge on any atom is -0.489 e. The van der Waals surface area contributed by atoms with Gasteiger partial charge in [0.15, 0.2) is 0 Å². The van der Waals surface area contributed by atoms with Gasteiger partial charge >= 0.3 is 0 Å². The van der Waals surface area contributed by atoms with Crippen LogP contribution in [0.15, 0.2) is 95.6 Å². The summed E-state index contributed by atoms with van der Waals surface area (Å²) in [6, 6.07) is 25.8. The number of carbonyl (C=O) groups is 1. The molecule has 0 unspecified atom stereocenters. The highest BCUT2D eigenvalue weighted by Gasteiger charge is 2.29. The number of hydrogen-bond acceptors (Lipinski definition) is 3. The number of aromatic nitrogens is 1. The lowest BCUT2D eigenvalue weighted by molar-refractivity contribution is -0.114. The highest BCUT2D eigenvalue weighted by atomic mass is 19.1. The van der Waals surface area contributed by atoms with E-state index in [4.69, 9.17) is 4.74 Å². The molecule has 1 aromatic heterocycles. The number of para-hydroxylation sites is 1. The van der Waals surface area contributed by atoms with Crippen LogP contribution in [0.5, 0.6) is 5.75 Å². The zero-order valence-corrected chi connectivity index (χ0v) is 20.4. The second-order valence-corrected chi connectivity index (χ2v) is 8.73. The second kappa shape index (κ2) is 9.66. The monoisotopic (exact) mass is 479 g/mol. The molecule has 0 aliphatic carbocycles. The first-order valence-electron chi connectivity index (χ1n) is 11.7. The van der Waals surface area contributed by atoms with Gasteiger partial charge in [-0.05, 0) is 80.9 Å². The third kappa shape index (κ3) is 4.45. The van der Waals surface area contributed by atoms with Crippen molar-refractivity contribution in [3.05, 3.63) is 119 Å². The Morgan fingerprint density at radius 2 is 1.58 bits per heavy atom. The van der Waals surface area contributed by atoms with Crippen molar-refractivity contribution in [3.63, 3.8) is 0 Å². The third-order valence-electron chi connectivity index (χ3n) is 6.28. The summed E-state index contributed by atoms with van der Waals surface area (Å²) in [5, 5.41) is 5.92. The Kier molecular flexibility index (Phi) is 6.25. The fraction of sp³-hybridized carbons (Fsp3) is 0.133. The fourth-order valence-corrected chi connectivity index (χ4v) is 4.38. The molecule has 0 bridgehead atoms. The highest BCUT2D eigenvalue weighted by molar-refractivity contribution is 6.32. The molecule has 0 radical (unpaired) electrons. The minimum absolute atomic E-state index is 0.139. The van der Waals surface area contributed by atoms with Crippen molar-refractivity contribution in [1.29, 1.82) is 0 Å². The van der Waals surface area contributed by atoms with Gasteiger partial charge in [0.1, 0.15) is 18.2 Å². The van der Waals surface area contributed by atoms with Gasteiger partial charge in [0, 0.05) is 22.6 Å². The number of halogens is 1. The smallest absolute Gasteiger partial charge is 0.280 e. The van der Waals surface area contributed by atoms with Crippen molar-refractivity contribution in [2.75, 3.05) is 5.01 Å². The summed E-state index contributed by atoms with van der Waals surface area (Å²) < 4.78 is 21.8. The predicted octanol–water partition coefficient (Wildman–Crippen LogP) is 6.62. The van der Waals surface area contributed by atoms with E-state index < -0.39 is 0 Å². The lowest BCUT2D eigenvalue weighted by Gasteiger charge is -2.12. The zero-order valence-electron chi connectivity index (χ0n) is 20.4. The molecule has 4 aromatic rings. The van der Waals surface area contributed by atoms with E-state index in [9.17, 15) is 9.18 Å². The predicted molar refractivity (Wildman–Crippen MR) is 141 cm³/mol. The molecule has 0 N–H and O–H groups in total. The number of benzene rings is 3. The number of amides is 1. The first-order chi connectivity index (χ1) is 17.4. The van der Waals surface area contributed by atoms with Gasteiger partial charge in [0.2, 0.25) is 0 Å². The van der Waals surface area contributed by atoms with E-state index >= 15 is 0 Å². The third-order valence-corrected chi connectivity index (χ3v) is 6.28. The lowest BCUT2D eigenvalue weighted by Crippen LogP contribution is -2.21. The molecule has 180 valence electrons. The maximum Gasteiger partial charge on any atom is 0.280 e. The number of nitrogens with zero attached hydrogens (tertiary/aromatic N) is 3. The van der Waals surface area contributed by atoms with E-state index in [1.807, 2.05) is 81.4 Å². The molecule has 5 nitrogen and oxygen atoms in total. The van der Waals surface area contributed by atoms with Crippen LogP contribution in [-0.2, 0) is 11.4 Å². The van der Waals surface area contributed by atoms with Gasteiger partial charge in [-0.1, -0.05) is 36.4 Å². The number of aryl methyl sites for hydroxylation is 1. The van der Waals surface area contributed by atoms with E-state index in [1.54, 1.807) is 18.2 Å². The SMILES string of the molecule is CC1=NN(c2ccccc2)C(=O)/C1=C/c1cc(C)n(-c2ccc(OCc3ccccc3F)cc2)c1C. The summed E-state index contributed by atoms with van der Waals surface area (Å²) in [5.41, 5.74) is 6.51. The van der Waals surface area contributed by atoms with E-state index in [0.29, 0.717) is 22.6 Å². The number of rotatable bonds is 6. The van der Waals surface area contributed by atoms with Crippen molar-refractivity contribution >= 4 is 23.4 Å². The Labute approximate surface area is 209 Å². The summed E-state index contributed by atoms with van der Waals surface area (Å²) in [6.45, 7) is 6.08. The van der Waals surface area contributed by atoms with Gasteiger partial charge in [-0.3, -0.25) is 4.79 Å². The Morgan fingerprint density at radius 1 is 0.889 bits per heavy atom. The van der Waals surface area contributed by atoms with Crippen LogP contribution in [-0.4, -0.2) is 16.2 Å². The van der Waals surface area contributed by atoms with E-state index in [1.165, 1.54) is 11.1 Å². The van der Waals surface area contributed by atoms with Crippen molar-refractivity contribution in [1.82, 2.24) is 4.57 Å². The number of anilines is 1. The Hall–Kier alpha value is -4.45. The van der Waals surface area contributed by atoms with Crippen LogP contribution >= 0.6 is 0 Å². The van der Waals surface area contributed by atoms with Gasteiger partial charge < -0.3 is 9.30 Å². The summed E-state index contributed by atoms with van der Waals surface area (Å²) in [4.78, 5) is 13.1. The molecule has 3 aromatic carbocycles.